The predicted molar refractivity (Wildman–Crippen MR) is 63.7 cm³/mol. The molecule has 2 heterocycles. The molecule has 94 valence electrons. The number of aromatic amines is 1. The molecule has 3 rings (SSSR count). The number of aliphatic hydroxyl groups is 1. The number of nitrogen functional groups attached to an aromatic ring is 1. The molecule has 2 atom stereocenters. The van der Waals surface area contributed by atoms with E-state index in [1.807, 2.05) is 12.2 Å². The molecule has 1 aliphatic carbocycles. The summed E-state index contributed by atoms with van der Waals surface area (Å²) in [5, 5.41) is 16.8. The van der Waals surface area contributed by atoms with Crippen molar-refractivity contribution in [3.8, 4) is 0 Å². The van der Waals surface area contributed by atoms with E-state index >= 15 is 0 Å². The molecular formula is C10H12N6O2. The minimum Gasteiger partial charge on any atom is -0.396 e. The Bertz CT molecular complexity index is 673. The quantitative estimate of drug-likeness (QED) is 0.598. The second kappa shape index (κ2) is 3.91. The summed E-state index contributed by atoms with van der Waals surface area (Å²) < 4.78 is 1.56. The Balaban J connectivity index is 2.09. The van der Waals surface area contributed by atoms with Gasteiger partial charge in [-0.15, -0.1) is 5.10 Å². The maximum atomic E-state index is 11.6. The number of aromatic nitrogens is 5. The highest BCUT2D eigenvalue weighted by Crippen LogP contribution is 2.28. The number of nitrogens with one attached hydrogen (secondary N) is 1. The van der Waals surface area contributed by atoms with Crippen molar-refractivity contribution in [3.05, 3.63) is 22.5 Å². The number of aliphatic hydroxyl groups excluding tert-OH is 1. The van der Waals surface area contributed by atoms with E-state index in [0.717, 1.165) is 0 Å². The van der Waals surface area contributed by atoms with Crippen molar-refractivity contribution in [2.45, 2.75) is 12.5 Å². The van der Waals surface area contributed by atoms with Crippen molar-refractivity contribution < 1.29 is 5.11 Å². The monoisotopic (exact) mass is 248 g/mol. The number of hydrogen-bond donors (Lipinski definition) is 3. The van der Waals surface area contributed by atoms with Crippen LogP contribution in [0.25, 0.3) is 11.2 Å². The summed E-state index contributed by atoms with van der Waals surface area (Å²) in [5.74, 6) is 0.144. The van der Waals surface area contributed by atoms with Crippen molar-refractivity contribution in [3.63, 3.8) is 0 Å². The summed E-state index contributed by atoms with van der Waals surface area (Å²) in [6.07, 6.45) is 4.56. The molecule has 0 aliphatic heterocycles. The largest absolute Gasteiger partial charge is 0.396 e. The van der Waals surface area contributed by atoms with Gasteiger partial charge in [-0.1, -0.05) is 17.4 Å². The number of rotatable bonds is 2. The molecule has 18 heavy (non-hydrogen) atoms. The van der Waals surface area contributed by atoms with Gasteiger partial charge in [0.1, 0.15) is 0 Å². The van der Waals surface area contributed by atoms with E-state index in [2.05, 4.69) is 20.3 Å². The molecule has 0 radical (unpaired) electrons. The normalized spacial score (nSPS) is 22.9. The van der Waals surface area contributed by atoms with E-state index in [1.165, 1.54) is 0 Å². The number of nitrogens with zero attached hydrogens (tertiary/aromatic N) is 4. The molecule has 0 aromatic carbocycles. The summed E-state index contributed by atoms with van der Waals surface area (Å²) in [7, 11) is 0. The average Bonchev–Trinajstić information content (AvgIpc) is 2.93. The SMILES string of the molecule is Nc1nc2c(nnn2[C@@H]2C=C[C@H](CO)C2)c(=O)[nH]1. The van der Waals surface area contributed by atoms with Crippen molar-refractivity contribution >= 4 is 17.1 Å². The number of hydrogen-bond acceptors (Lipinski definition) is 6. The summed E-state index contributed by atoms with van der Waals surface area (Å²) in [6, 6.07) is -0.0548. The van der Waals surface area contributed by atoms with Crippen LogP contribution in [0, 0.1) is 5.92 Å². The standard InChI is InChI=1S/C10H12N6O2/c11-10-12-8-7(9(18)13-10)14-15-16(8)6-2-1-5(3-6)4-17/h1-2,5-6,17H,3-4H2,(H3,11,12,13,18)/t5-,6+/m0/s1. The van der Waals surface area contributed by atoms with Crippen molar-refractivity contribution in [2.24, 2.45) is 5.92 Å². The van der Waals surface area contributed by atoms with Crippen molar-refractivity contribution in [2.75, 3.05) is 12.3 Å². The lowest BCUT2D eigenvalue weighted by Gasteiger charge is -2.10. The van der Waals surface area contributed by atoms with Crippen LogP contribution in [-0.2, 0) is 0 Å². The predicted octanol–water partition coefficient (Wildman–Crippen LogP) is -0.794. The number of anilines is 1. The lowest BCUT2D eigenvalue weighted by atomic mass is 10.1. The van der Waals surface area contributed by atoms with Gasteiger partial charge in [0.25, 0.3) is 5.56 Å². The van der Waals surface area contributed by atoms with E-state index in [9.17, 15) is 4.79 Å². The Morgan fingerprint density at radius 1 is 1.56 bits per heavy atom. The van der Waals surface area contributed by atoms with Gasteiger partial charge in [0.2, 0.25) is 5.95 Å². The summed E-state index contributed by atoms with van der Waals surface area (Å²) >= 11 is 0. The minimum absolute atomic E-state index is 0.0386. The van der Waals surface area contributed by atoms with Crippen LogP contribution in [0.2, 0.25) is 0 Å². The van der Waals surface area contributed by atoms with E-state index in [-0.39, 0.29) is 30.0 Å². The number of nitrogens with two attached hydrogens (primary N) is 1. The highest BCUT2D eigenvalue weighted by molar-refractivity contribution is 5.69. The van der Waals surface area contributed by atoms with Crippen molar-refractivity contribution in [1.29, 1.82) is 0 Å². The van der Waals surface area contributed by atoms with Gasteiger partial charge in [0.05, 0.1) is 6.04 Å². The van der Waals surface area contributed by atoms with Crippen LogP contribution in [0.3, 0.4) is 0 Å². The summed E-state index contributed by atoms with van der Waals surface area (Å²) in [5.41, 5.74) is 5.65. The molecule has 0 unspecified atom stereocenters. The number of fused-ring (bicyclic) bond motifs is 1. The number of H-pyrrole nitrogens is 1. The van der Waals surface area contributed by atoms with Gasteiger partial charge in [-0.05, 0) is 6.42 Å². The van der Waals surface area contributed by atoms with E-state index in [1.54, 1.807) is 4.68 Å². The Morgan fingerprint density at radius 3 is 3.11 bits per heavy atom. The zero-order chi connectivity index (χ0) is 12.7. The maximum Gasteiger partial charge on any atom is 0.282 e. The van der Waals surface area contributed by atoms with Crippen LogP contribution in [-0.4, -0.2) is 36.7 Å². The second-order valence-corrected chi connectivity index (χ2v) is 4.29. The van der Waals surface area contributed by atoms with Gasteiger partial charge in [-0.25, -0.2) is 4.68 Å². The van der Waals surface area contributed by atoms with Gasteiger partial charge in [0.15, 0.2) is 11.2 Å². The fraction of sp³-hybridized carbons (Fsp3) is 0.400. The topological polar surface area (TPSA) is 123 Å². The molecule has 0 saturated heterocycles. The lowest BCUT2D eigenvalue weighted by molar-refractivity contribution is 0.243. The summed E-state index contributed by atoms with van der Waals surface area (Å²) in [4.78, 5) is 18.0. The molecule has 1 aliphatic rings. The first-order valence-electron chi connectivity index (χ1n) is 5.59. The molecule has 8 heteroatoms. The average molecular weight is 248 g/mol. The van der Waals surface area contributed by atoms with Crippen LogP contribution in [0.5, 0.6) is 0 Å². The zero-order valence-corrected chi connectivity index (χ0v) is 9.45. The lowest BCUT2D eigenvalue weighted by Crippen LogP contribution is -2.14. The smallest absolute Gasteiger partial charge is 0.282 e. The van der Waals surface area contributed by atoms with E-state index in [4.69, 9.17) is 10.8 Å². The van der Waals surface area contributed by atoms with Crippen LogP contribution in [0.4, 0.5) is 5.95 Å². The van der Waals surface area contributed by atoms with Gasteiger partial charge in [-0.3, -0.25) is 9.78 Å². The molecule has 2 aromatic rings. The molecule has 0 saturated carbocycles. The maximum absolute atomic E-state index is 11.6. The highest BCUT2D eigenvalue weighted by atomic mass is 16.3. The van der Waals surface area contributed by atoms with Crippen LogP contribution >= 0.6 is 0 Å². The third kappa shape index (κ3) is 1.58. The van der Waals surface area contributed by atoms with Gasteiger partial charge in [-0.2, -0.15) is 4.98 Å². The van der Waals surface area contributed by atoms with Crippen molar-refractivity contribution in [1.82, 2.24) is 25.0 Å². The zero-order valence-electron chi connectivity index (χ0n) is 9.45. The first-order chi connectivity index (χ1) is 8.69. The second-order valence-electron chi connectivity index (χ2n) is 4.29. The molecule has 2 aromatic heterocycles. The number of allylic oxidation sites excluding steroid dienone is 1. The first kappa shape index (κ1) is 10.9. The van der Waals surface area contributed by atoms with Gasteiger partial charge >= 0.3 is 0 Å². The molecular weight excluding hydrogens is 236 g/mol. The first-order valence-corrected chi connectivity index (χ1v) is 5.59. The van der Waals surface area contributed by atoms with Gasteiger partial charge in [0, 0.05) is 12.5 Å². The minimum atomic E-state index is -0.399. The Morgan fingerprint density at radius 2 is 2.39 bits per heavy atom. The third-order valence-electron chi connectivity index (χ3n) is 3.05. The molecule has 0 bridgehead atoms. The Hall–Kier alpha value is -2.22. The van der Waals surface area contributed by atoms with E-state index < -0.39 is 5.56 Å². The van der Waals surface area contributed by atoms with Crippen LogP contribution in [0.1, 0.15) is 12.5 Å². The Kier molecular flexibility index (Phi) is 2.37. The van der Waals surface area contributed by atoms with E-state index in [0.29, 0.717) is 12.1 Å². The summed E-state index contributed by atoms with van der Waals surface area (Å²) in [6.45, 7) is 0.0930. The fourth-order valence-electron chi connectivity index (χ4n) is 2.15. The molecule has 4 N–H and O–H groups in total. The molecule has 0 amide bonds. The van der Waals surface area contributed by atoms with Crippen LogP contribution in [0.15, 0.2) is 16.9 Å². The van der Waals surface area contributed by atoms with Gasteiger partial charge < -0.3 is 10.8 Å². The Labute approximate surface area is 101 Å². The third-order valence-corrected chi connectivity index (χ3v) is 3.05. The molecule has 8 nitrogen and oxygen atoms in total. The molecule has 0 fully saturated rings. The highest BCUT2D eigenvalue weighted by Gasteiger charge is 2.23. The molecule has 0 spiro atoms. The van der Waals surface area contributed by atoms with Crippen LogP contribution < -0.4 is 11.3 Å². The fourth-order valence-corrected chi connectivity index (χ4v) is 2.15.